The van der Waals surface area contributed by atoms with E-state index in [0.717, 1.165) is 12.5 Å². The molecule has 2 rings (SSSR count). The van der Waals surface area contributed by atoms with Gasteiger partial charge in [-0.1, -0.05) is 11.6 Å². The van der Waals surface area contributed by atoms with Gasteiger partial charge in [0, 0.05) is 12.6 Å². The molecule has 1 saturated carbocycles. The maximum absolute atomic E-state index is 12.7. The Bertz CT molecular complexity index is 574. The lowest BCUT2D eigenvalue weighted by atomic mass is 9.80. The molecule has 1 fully saturated rings. The maximum Gasteiger partial charge on any atom is 0.418 e. The number of rotatable bonds is 4. The number of nitro groups is 1. The maximum atomic E-state index is 12.7. The second-order valence-electron chi connectivity index (χ2n) is 5.04. The monoisotopic (exact) mass is 324 g/mol. The van der Waals surface area contributed by atoms with Gasteiger partial charge in [-0.05, 0) is 25.3 Å². The minimum absolute atomic E-state index is 0.0233. The summed E-state index contributed by atoms with van der Waals surface area (Å²) in [5.74, 6) is 0. The number of benzene rings is 1. The lowest BCUT2D eigenvalue weighted by Gasteiger charge is -2.36. The van der Waals surface area contributed by atoms with Crippen LogP contribution in [-0.4, -0.2) is 22.2 Å². The Morgan fingerprint density at radius 2 is 2.05 bits per heavy atom. The highest BCUT2D eigenvalue weighted by atomic mass is 35.5. The number of aliphatic hydroxyl groups is 1. The number of hydrogen-bond donors (Lipinski definition) is 2. The summed E-state index contributed by atoms with van der Waals surface area (Å²) < 4.78 is 38.1. The molecule has 2 N–H and O–H groups in total. The molecule has 1 aromatic rings. The summed E-state index contributed by atoms with van der Waals surface area (Å²) in [5, 5.41) is 22.8. The van der Waals surface area contributed by atoms with Gasteiger partial charge in [-0.25, -0.2) is 0 Å². The van der Waals surface area contributed by atoms with E-state index >= 15 is 0 Å². The number of alkyl halides is 3. The molecule has 1 aliphatic rings. The van der Waals surface area contributed by atoms with Crippen LogP contribution in [-0.2, 0) is 6.18 Å². The van der Waals surface area contributed by atoms with Crippen molar-refractivity contribution in [2.45, 2.75) is 31.0 Å². The van der Waals surface area contributed by atoms with Crippen LogP contribution < -0.4 is 5.32 Å². The summed E-state index contributed by atoms with van der Waals surface area (Å²) in [7, 11) is 0. The van der Waals surface area contributed by atoms with Crippen LogP contribution in [0.25, 0.3) is 0 Å². The van der Waals surface area contributed by atoms with E-state index in [1.165, 1.54) is 0 Å². The fourth-order valence-corrected chi connectivity index (χ4v) is 2.36. The Kier molecular flexibility index (Phi) is 4.03. The number of anilines is 1. The quantitative estimate of drug-likeness (QED) is 0.655. The van der Waals surface area contributed by atoms with Gasteiger partial charge < -0.3 is 10.4 Å². The molecule has 0 aliphatic heterocycles. The molecule has 0 spiro atoms. The Labute approximate surface area is 122 Å². The summed E-state index contributed by atoms with van der Waals surface area (Å²) in [6.45, 7) is 0.0233. The van der Waals surface area contributed by atoms with E-state index in [0.29, 0.717) is 18.9 Å². The van der Waals surface area contributed by atoms with E-state index in [9.17, 15) is 28.4 Å². The van der Waals surface area contributed by atoms with Crippen molar-refractivity contribution >= 4 is 23.0 Å². The largest absolute Gasteiger partial charge is 0.418 e. The Morgan fingerprint density at radius 1 is 1.43 bits per heavy atom. The van der Waals surface area contributed by atoms with Gasteiger partial charge in [0.15, 0.2) is 0 Å². The van der Waals surface area contributed by atoms with Gasteiger partial charge in [0.05, 0.1) is 21.1 Å². The molecule has 21 heavy (non-hydrogen) atoms. The average Bonchev–Trinajstić information content (AvgIpc) is 2.32. The summed E-state index contributed by atoms with van der Waals surface area (Å²) in [5.41, 5.74) is -3.10. The zero-order chi connectivity index (χ0) is 15.8. The highest BCUT2D eigenvalue weighted by Crippen LogP contribution is 2.41. The predicted octanol–water partition coefficient (Wildman–Crippen LogP) is 3.59. The van der Waals surface area contributed by atoms with Crippen molar-refractivity contribution in [3.8, 4) is 0 Å². The van der Waals surface area contributed by atoms with Crippen LogP contribution >= 0.6 is 11.6 Å². The SMILES string of the molecule is O=[N+]([O-])c1cc(C(F)(F)F)c(Cl)cc1NCC1(O)CCC1. The molecular formula is C12H12ClF3N2O3. The van der Waals surface area contributed by atoms with Crippen molar-refractivity contribution in [1.82, 2.24) is 0 Å². The topological polar surface area (TPSA) is 75.4 Å². The predicted molar refractivity (Wildman–Crippen MR) is 70.4 cm³/mol. The van der Waals surface area contributed by atoms with E-state index in [1.807, 2.05) is 0 Å². The number of nitro benzene ring substituents is 1. The summed E-state index contributed by atoms with van der Waals surface area (Å²) in [4.78, 5) is 9.99. The van der Waals surface area contributed by atoms with E-state index < -0.39 is 33.0 Å². The molecular weight excluding hydrogens is 313 g/mol. The third-order valence-electron chi connectivity index (χ3n) is 3.48. The molecule has 0 amide bonds. The number of nitrogens with one attached hydrogen (secondary N) is 1. The zero-order valence-corrected chi connectivity index (χ0v) is 11.5. The lowest BCUT2D eigenvalue weighted by Crippen LogP contribution is -2.43. The van der Waals surface area contributed by atoms with Crippen molar-refractivity contribution in [3.05, 3.63) is 32.8 Å². The molecule has 0 saturated heterocycles. The molecule has 1 aliphatic carbocycles. The standard InChI is InChI=1S/C12H12ClF3N2O3/c13-8-5-9(17-6-11(19)2-1-3-11)10(18(20)21)4-7(8)12(14,15)16/h4-5,17,19H,1-3,6H2. The first kappa shape index (κ1) is 15.8. The first-order chi connectivity index (χ1) is 9.62. The molecule has 9 heteroatoms. The fourth-order valence-electron chi connectivity index (χ4n) is 2.09. The number of halogens is 4. The second-order valence-corrected chi connectivity index (χ2v) is 5.44. The van der Waals surface area contributed by atoms with E-state index in [4.69, 9.17) is 11.6 Å². The van der Waals surface area contributed by atoms with Gasteiger partial charge in [-0.2, -0.15) is 13.2 Å². The summed E-state index contributed by atoms with van der Waals surface area (Å²) >= 11 is 5.54. The van der Waals surface area contributed by atoms with Crippen LogP contribution in [0.15, 0.2) is 12.1 Å². The summed E-state index contributed by atoms with van der Waals surface area (Å²) in [6.07, 6.45) is -2.84. The second kappa shape index (κ2) is 5.34. The molecule has 1 aromatic carbocycles. The molecule has 0 bridgehead atoms. The number of nitrogens with zero attached hydrogens (tertiary/aromatic N) is 1. The van der Waals surface area contributed by atoms with Crippen molar-refractivity contribution in [1.29, 1.82) is 0 Å². The molecule has 0 heterocycles. The molecule has 0 atom stereocenters. The van der Waals surface area contributed by atoms with Crippen LogP contribution in [0.1, 0.15) is 24.8 Å². The molecule has 0 radical (unpaired) electrons. The van der Waals surface area contributed by atoms with E-state index in [2.05, 4.69) is 5.32 Å². The van der Waals surface area contributed by atoms with Gasteiger partial charge in [-0.15, -0.1) is 0 Å². The fraction of sp³-hybridized carbons (Fsp3) is 0.500. The van der Waals surface area contributed by atoms with Crippen molar-refractivity contribution in [3.63, 3.8) is 0 Å². The number of hydrogen-bond acceptors (Lipinski definition) is 4. The minimum Gasteiger partial charge on any atom is -0.388 e. The molecule has 0 aromatic heterocycles. The summed E-state index contributed by atoms with van der Waals surface area (Å²) in [6, 6.07) is 1.26. The van der Waals surface area contributed by atoms with Crippen LogP contribution in [0.2, 0.25) is 5.02 Å². The van der Waals surface area contributed by atoms with Gasteiger partial charge in [0.25, 0.3) is 5.69 Å². The molecule has 116 valence electrons. The Balaban J connectivity index is 2.31. The first-order valence-electron chi connectivity index (χ1n) is 6.14. The third-order valence-corrected chi connectivity index (χ3v) is 3.79. The van der Waals surface area contributed by atoms with Gasteiger partial charge in [0.1, 0.15) is 5.69 Å². The van der Waals surface area contributed by atoms with Crippen LogP contribution in [0.3, 0.4) is 0 Å². The van der Waals surface area contributed by atoms with Gasteiger partial charge in [0.2, 0.25) is 0 Å². The zero-order valence-electron chi connectivity index (χ0n) is 10.7. The Morgan fingerprint density at radius 3 is 2.48 bits per heavy atom. The van der Waals surface area contributed by atoms with Crippen molar-refractivity contribution in [2.24, 2.45) is 0 Å². The average molecular weight is 325 g/mol. The molecule has 5 nitrogen and oxygen atoms in total. The lowest BCUT2D eigenvalue weighted by molar-refractivity contribution is -0.384. The van der Waals surface area contributed by atoms with Crippen molar-refractivity contribution in [2.75, 3.05) is 11.9 Å². The third kappa shape index (κ3) is 3.38. The van der Waals surface area contributed by atoms with Crippen molar-refractivity contribution < 1.29 is 23.2 Å². The Hall–Kier alpha value is -1.54. The normalized spacial score (nSPS) is 17.2. The van der Waals surface area contributed by atoms with Gasteiger partial charge in [-0.3, -0.25) is 10.1 Å². The highest BCUT2D eigenvalue weighted by Gasteiger charge is 2.37. The minimum atomic E-state index is -4.77. The van der Waals surface area contributed by atoms with Crippen LogP contribution in [0.5, 0.6) is 0 Å². The van der Waals surface area contributed by atoms with E-state index in [1.54, 1.807) is 0 Å². The van der Waals surface area contributed by atoms with Gasteiger partial charge >= 0.3 is 6.18 Å². The van der Waals surface area contributed by atoms with E-state index in [-0.39, 0.29) is 12.2 Å². The smallest absolute Gasteiger partial charge is 0.388 e. The molecule has 0 unspecified atom stereocenters. The first-order valence-corrected chi connectivity index (χ1v) is 6.52. The van der Waals surface area contributed by atoms with Crippen LogP contribution in [0, 0.1) is 10.1 Å². The highest BCUT2D eigenvalue weighted by molar-refractivity contribution is 6.31. The van der Waals surface area contributed by atoms with Crippen LogP contribution in [0.4, 0.5) is 24.5 Å².